The Bertz CT molecular complexity index is 199. The smallest absolute Gasteiger partial charge is 0.313 e. The molecule has 76 valence electrons. The third-order valence-electron chi connectivity index (χ3n) is 2.00. The molecule has 13 heavy (non-hydrogen) atoms. The Morgan fingerprint density at radius 3 is 1.85 bits per heavy atom. The molecule has 2 N–H and O–H groups in total. The van der Waals surface area contributed by atoms with Crippen molar-refractivity contribution in [2.24, 2.45) is 11.3 Å². The van der Waals surface area contributed by atoms with Gasteiger partial charge in [0.1, 0.15) is 5.92 Å². The lowest BCUT2D eigenvalue weighted by molar-refractivity contribution is -0.146. The second kappa shape index (κ2) is 3.92. The van der Waals surface area contributed by atoms with Crippen LogP contribution in [0.2, 0.25) is 0 Å². The predicted molar refractivity (Wildman–Crippen MR) is 51.4 cm³/mol. The molecule has 0 aliphatic heterocycles. The van der Waals surface area contributed by atoms with Crippen LogP contribution in [0.5, 0.6) is 0 Å². The van der Waals surface area contributed by atoms with Crippen molar-refractivity contribution in [2.75, 3.05) is 0 Å². The van der Waals surface area contributed by atoms with Crippen LogP contribution in [-0.4, -0.2) is 22.3 Å². The zero-order valence-electron chi connectivity index (χ0n) is 8.66. The summed E-state index contributed by atoms with van der Waals surface area (Å²) < 4.78 is 0. The molecule has 3 nitrogen and oxygen atoms in total. The van der Waals surface area contributed by atoms with E-state index in [1.165, 1.54) is 0 Å². The van der Waals surface area contributed by atoms with Crippen LogP contribution in [0.1, 0.15) is 27.7 Å². The number of aliphatic hydroxyl groups is 1. The van der Waals surface area contributed by atoms with Gasteiger partial charge in [0, 0.05) is 0 Å². The minimum Gasteiger partial charge on any atom is -0.481 e. The fourth-order valence-electron chi connectivity index (χ4n) is 1.12. The fraction of sp³-hybridized carbons (Fsp3) is 0.700. The minimum absolute atomic E-state index is 0.442. The molecule has 0 fully saturated rings. The second-order valence-electron chi connectivity index (χ2n) is 4.47. The third kappa shape index (κ3) is 3.19. The molecule has 3 heteroatoms. The van der Waals surface area contributed by atoms with Crippen molar-refractivity contribution < 1.29 is 15.0 Å². The van der Waals surface area contributed by atoms with Gasteiger partial charge >= 0.3 is 5.97 Å². The maximum Gasteiger partial charge on any atom is 0.313 e. The third-order valence-corrected chi connectivity index (χ3v) is 2.00. The average Bonchev–Trinajstić information content (AvgIpc) is 1.82. The molecule has 0 rings (SSSR count). The number of aliphatic carboxylic acids is 1. The maximum absolute atomic E-state index is 10.8. The van der Waals surface area contributed by atoms with E-state index in [-0.39, 0.29) is 0 Å². The van der Waals surface area contributed by atoms with Gasteiger partial charge in [-0.2, -0.15) is 0 Å². The van der Waals surface area contributed by atoms with Crippen molar-refractivity contribution in [3.05, 3.63) is 12.2 Å². The first-order valence-electron chi connectivity index (χ1n) is 4.24. The highest BCUT2D eigenvalue weighted by atomic mass is 16.4. The van der Waals surface area contributed by atoms with E-state index < -0.39 is 23.4 Å². The molecule has 0 saturated carbocycles. The molecule has 0 aromatic heterocycles. The number of carbonyl (C=O) groups is 1. The van der Waals surface area contributed by atoms with Crippen LogP contribution in [0.4, 0.5) is 0 Å². The first-order chi connectivity index (χ1) is 5.68. The molecule has 0 aromatic carbocycles. The monoisotopic (exact) mass is 186 g/mol. The molecule has 0 aliphatic rings. The van der Waals surface area contributed by atoms with Gasteiger partial charge in [-0.3, -0.25) is 4.79 Å². The molecular formula is C10H18O3. The lowest BCUT2D eigenvalue weighted by atomic mass is 9.79. The van der Waals surface area contributed by atoms with Crippen molar-refractivity contribution >= 4 is 5.97 Å². The predicted octanol–water partition coefficient (Wildman–Crippen LogP) is 1.67. The fourth-order valence-corrected chi connectivity index (χ4v) is 1.12. The molecule has 0 amide bonds. The quantitative estimate of drug-likeness (QED) is 0.659. The Morgan fingerprint density at radius 1 is 1.38 bits per heavy atom. The largest absolute Gasteiger partial charge is 0.481 e. The van der Waals surface area contributed by atoms with Gasteiger partial charge in [0.25, 0.3) is 0 Å². The topological polar surface area (TPSA) is 57.5 Å². The van der Waals surface area contributed by atoms with Gasteiger partial charge in [0.2, 0.25) is 0 Å². The highest BCUT2D eigenvalue weighted by molar-refractivity contribution is 5.74. The average molecular weight is 186 g/mol. The van der Waals surface area contributed by atoms with Crippen molar-refractivity contribution in [2.45, 2.75) is 33.8 Å². The van der Waals surface area contributed by atoms with Crippen LogP contribution >= 0.6 is 0 Å². The normalized spacial score (nSPS) is 16.4. The number of carboxylic acid groups (broad SMARTS) is 1. The summed E-state index contributed by atoms with van der Waals surface area (Å²) >= 11 is 0. The minimum atomic E-state index is -1.02. The summed E-state index contributed by atoms with van der Waals surface area (Å²) in [6.07, 6.45) is -0.900. The zero-order chi connectivity index (χ0) is 10.8. The van der Waals surface area contributed by atoms with Crippen LogP contribution < -0.4 is 0 Å². The number of carboxylic acids is 1. The molecule has 0 unspecified atom stereocenters. The molecule has 2 atom stereocenters. The van der Waals surface area contributed by atoms with Crippen LogP contribution in [0, 0.1) is 11.3 Å². The first kappa shape index (κ1) is 12.2. The maximum atomic E-state index is 10.8. The summed E-state index contributed by atoms with van der Waals surface area (Å²) in [5, 5.41) is 18.6. The highest BCUT2D eigenvalue weighted by Crippen LogP contribution is 2.28. The van der Waals surface area contributed by atoms with Gasteiger partial charge in [-0.05, 0) is 12.3 Å². The summed E-state index contributed by atoms with van der Waals surface area (Å²) in [7, 11) is 0. The van der Waals surface area contributed by atoms with Crippen LogP contribution in [-0.2, 0) is 4.79 Å². The molecule has 0 aliphatic carbocycles. The van der Waals surface area contributed by atoms with Gasteiger partial charge in [0.05, 0.1) is 6.10 Å². The van der Waals surface area contributed by atoms with Gasteiger partial charge in [-0.25, -0.2) is 0 Å². The Balaban J connectivity index is 4.77. The SMILES string of the molecule is C=C(C)[C@@H](C(=O)O)[C@H](O)C(C)(C)C. The number of rotatable bonds is 3. The summed E-state index contributed by atoms with van der Waals surface area (Å²) in [6, 6.07) is 0. The number of hydrogen-bond donors (Lipinski definition) is 2. The summed E-state index contributed by atoms with van der Waals surface area (Å²) in [5.41, 5.74) is 0.0390. The van der Waals surface area contributed by atoms with E-state index in [0.717, 1.165) is 0 Å². The molecule has 0 radical (unpaired) electrons. The Morgan fingerprint density at radius 2 is 1.77 bits per heavy atom. The summed E-state index contributed by atoms with van der Waals surface area (Å²) in [6.45, 7) is 10.6. The number of hydrogen-bond acceptors (Lipinski definition) is 2. The van der Waals surface area contributed by atoms with Crippen molar-refractivity contribution in [1.29, 1.82) is 0 Å². The van der Waals surface area contributed by atoms with E-state index in [4.69, 9.17) is 5.11 Å². The molecule has 0 bridgehead atoms. The number of aliphatic hydroxyl groups excluding tert-OH is 1. The molecule has 0 heterocycles. The Hall–Kier alpha value is -0.830. The van der Waals surface area contributed by atoms with E-state index in [0.29, 0.717) is 5.57 Å². The van der Waals surface area contributed by atoms with Crippen LogP contribution in [0.25, 0.3) is 0 Å². The van der Waals surface area contributed by atoms with Crippen molar-refractivity contribution in [1.82, 2.24) is 0 Å². The molecule has 0 spiro atoms. The second-order valence-corrected chi connectivity index (χ2v) is 4.47. The first-order valence-corrected chi connectivity index (χ1v) is 4.24. The van der Waals surface area contributed by atoms with Crippen LogP contribution in [0.15, 0.2) is 12.2 Å². The van der Waals surface area contributed by atoms with Crippen molar-refractivity contribution in [3.8, 4) is 0 Å². The van der Waals surface area contributed by atoms with Gasteiger partial charge < -0.3 is 10.2 Å². The van der Waals surface area contributed by atoms with Gasteiger partial charge in [0.15, 0.2) is 0 Å². The molecule has 0 aromatic rings. The van der Waals surface area contributed by atoms with Crippen molar-refractivity contribution in [3.63, 3.8) is 0 Å². The highest BCUT2D eigenvalue weighted by Gasteiger charge is 2.35. The van der Waals surface area contributed by atoms with Gasteiger partial charge in [-0.15, -0.1) is 0 Å². The van der Waals surface area contributed by atoms with Crippen LogP contribution in [0.3, 0.4) is 0 Å². The Labute approximate surface area is 79.1 Å². The van der Waals surface area contributed by atoms with E-state index in [1.807, 2.05) is 0 Å². The summed E-state index contributed by atoms with van der Waals surface area (Å²) in [5.74, 6) is -1.89. The lowest BCUT2D eigenvalue weighted by Gasteiger charge is -2.30. The van der Waals surface area contributed by atoms with Gasteiger partial charge in [-0.1, -0.05) is 32.9 Å². The summed E-state index contributed by atoms with van der Waals surface area (Å²) in [4.78, 5) is 10.8. The standard InChI is InChI=1S/C10H18O3/c1-6(2)7(9(12)13)8(11)10(3,4)5/h7-8,11H,1H2,2-5H3,(H,12,13)/t7-,8+/m1/s1. The van der Waals surface area contributed by atoms with E-state index in [2.05, 4.69) is 6.58 Å². The molecular weight excluding hydrogens is 168 g/mol. The Kier molecular flexibility index (Phi) is 3.67. The van der Waals surface area contributed by atoms with E-state index in [1.54, 1.807) is 27.7 Å². The molecule has 0 saturated heterocycles. The lowest BCUT2D eigenvalue weighted by Crippen LogP contribution is -2.38. The van der Waals surface area contributed by atoms with E-state index >= 15 is 0 Å². The van der Waals surface area contributed by atoms with E-state index in [9.17, 15) is 9.90 Å². The zero-order valence-corrected chi connectivity index (χ0v) is 8.66.